The molecule has 0 heterocycles. The number of methoxy groups -OCH3 is 1. The second-order valence-electron chi connectivity index (χ2n) is 5.74. The van der Waals surface area contributed by atoms with Crippen LogP contribution < -0.4 is 14.7 Å². The zero-order chi connectivity index (χ0) is 19.3. The minimum Gasteiger partial charge on any atom is -0.493 e. The molecule has 26 heavy (non-hydrogen) atoms. The molecule has 2 aromatic rings. The molecule has 0 aliphatic heterocycles. The van der Waals surface area contributed by atoms with Gasteiger partial charge >= 0.3 is 0 Å². The summed E-state index contributed by atoms with van der Waals surface area (Å²) in [5.41, 5.74) is 1.13. The highest BCUT2D eigenvalue weighted by Crippen LogP contribution is 2.30. The van der Waals surface area contributed by atoms with Gasteiger partial charge in [0.05, 0.1) is 24.7 Å². The number of nitrogens with zero attached hydrogens (tertiary/aromatic N) is 1. The van der Waals surface area contributed by atoms with Crippen LogP contribution in [0.15, 0.2) is 47.4 Å². The van der Waals surface area contributed by atoms with Crippen molar-refractivity contribution < 1.29 is 23.1 Å². The molecule has 8 heteroatoms. The van der Waals surface area contributed by atoms with Gasteiger partial charge in [-0.25, -0.2) is 13.6 Å². The smallest absolute Gasteiger partial charge is 0.238 e. The van der Waals surface area contributed by atoms with Crippen molar-refractivity contribution in [2.75, 3.05) is 20.3 Å². The van der Waals surface area contributed by atoms with E-state index in [-0.39, 0.29) is 11.5 Å². The third-order valence-corrected chi connectivity index (χ3v) is 5.07. The number of hydroxylamine groups is 2. The van der Waals surface area contributed by atoms with E-state index in [4.69, 9.17) is 14.7 Å². The molecule has 2 aromatic carbocycles. The summed E-state index contributed by atoms with van der Waals surface area (Å²) >= 11 is 0. The third kappa shape index (κ3) is 4.53. The molecule has 0 amide bonds. The molecule has 0 fully saturated rings. The van der Waals surface area contributed by atoms with Gasteiger partial charge in [-0.05, 0) is 43.2 Å². The summed E-state index contributed by atoms with van der Waals surface area (Å²) in [6.45, 7) is 3.71. The number of nitrogens with two attached hydrogens (primary N) is 1. The maximum absolute atomic E-state index is 11.8. The Bertz CT molecular complexity index is 854. The lowest BCUT2D eigenvalue weighted by molar-refractivity contribution is -0.108. The molecule has 0 bridgehead atoms. The van der Waals surface area contributed by atoms with E-state index >= 15 is 0 Å². The lowest BCUT2D eigenvalue weighted by atomic mass is 10.1. The lowest BCUT2D eigenvalue weighted by Gasteiger charge is -2.29. The van der Waals surface area contributed by atoms with Crippen molar-refractivity contribution in [3.8, 4) is 11.5 Å². The Morgan fingerprint density at radius 2 is 1.85 bits per heavy atom. The van der Waals surface area contributed by atoms with E-state index in [1.807, 2.05) is 19.1 Å². The molecule has 0 saturated carbocycles. The molecule has 142 valence electrons. The van der Waals surface area contributed by atoms with Crippen LogP contribution in [0.3, 0.4) is 0 Å². The maximum Gasteiger partial charge on any atom is 0.238 e. The maximum atomic E-state index is 11.8. The fraction of sp³-hybridized carbons (Fsp3) is 0.333. The molecular formula is C18H24N2O5S. The minimum atomic E-state index is -3.86. The number of para-hydroxylation sites is 2. The van der Waals surface area contributed by atoms with E-state index in [2.05, 4.69) is 0 Å². The van der Waals surface area contributed by atoms with Crippen molar-refractivity contribution in [3.63, 3.8) is 0 Å². The highest BCUT2D eigenvalue weighted by Gasteiger charge is 2.24. The molecule has 7 nitrogen and oxygen atoms in total. The van der Waals surface area contributed by atoms with Gasteiger partial charge in [0.2, 0.25) is 10.0 Å². The number of aliphatic hydroxyl groups is 1. The van der Waals surface area contributed by atoms with Crippen LogP contribution in [0.4, 0.5) is 0 Å². The molecule has 3 N–H and O–H groups in total. The van der Waals surface area contributed by atoms with Gasteiger partial charge in [0.25, 0.3) is 0 Å². The van der Waals surface area contributed by atoms with Gasteiger partial charge in [-0.2, -0.15) is 0 Å². The van der Waals surface area contributed by atoms with Crippen LogP contribution in [0.5, 0.6) is 11.5 Å². The van der Waals surface area contributed by atoms with Gasteiger partial charge in [-0.1, -0.05) is 24.3 Å². The van der Waals surface area contributed by atoms with Crippen LogP contribution in [-0.4, -0.2) is 38.8 Å². The number of hydrogen-bond donors (Lipinski definition) is 2. The molecule has 0 spiro atoms. The van der Waals surface area contributed by atoms with Gasteiger partial charge in [0.1, 0.15) is 0 Å². The van der Waals surface area contributed by atoms with Gasteiger partial charge < -0.3 is 14.7 Å². The first-order valence-corrected chi connectivity index (χ1v) is 9.68. The van der Waals surface area contributed by atoms with Gasteiger partial charge in [0, 0.05) is 6.54 Å². The van der Waals surface area contributed by atoms with Crippen LogP contribution in [0.25, 0.3) is 0 Å². The number of sulfonamides is 1. The Hall–Kier alpha value is -2.13. The zero-order valence-corrected chi connectivity index (χ0v) is 15.9. The standard InChI is InChI=1S/C18H24N2O5S/c1-4-20(25-17-8-6-5-7-16(17)24-3)15(12-21)14-10-9-13(2)18(11-14)26(19,22)23/h5-11,15,21H,4,12H2,1-3H3,(H2,19,22,23). The molecule has 0 aliphatic rings. The predicted octanol–water partition coefficient (Wildman–Crippen LogP) is 2.00. The lowest BCUT2D eigenvalue weighted by Crippen LogP contribution is -2.34. The summed E-state index contributed by atoms with van der Waals surface area (Å²) < 4.78 is 28.8. The number of primary sulfonamides is 1. The van der Waals surface area contributed by atoms with Gasteiger partial charge in [0.15, 0.2) is 11.5 Å². The van der Waals surface area contributed by atoms with Crippen molar-refractivity contribution in [3.05, 3.63) is 53.6 Å². The van der Waals surface area contributed by atoms with Gasteiger partial charge in [-0.3, -0.25) is 0 Å². The summed E-state index contributed by atoms with van der Waals surface area (Å²) in [5, 5.41) is 16.8. The molecule has 2 rings (SSSR count). The topological polar surface area (TPSA) is 102 Å². The number of aryl methyl sites for hydroxylation is 1. The van der Waals surface area contributed by atoms with E-state index in [1.54, 1.807) is 43.4 Å². The van der Waals surface area contributed by atoms with E-state index in [1.165, 1.54) is 6.07 Å². The first-order chi connectivity index (χ1) is 12.3. The second kappa shape index (κ2) is 8.50. The average molecular weight is 380 g/mol. The molecular weight excluding hydrogens is 356 g/mol. The number of aliphatic hydroxyl groups excluding tert-OH is 1. The Kier molecular flexibility index (Phi) is 6.60. The van der Waals surface area contributed by atoms with Crippen LogP contribution in [0.1, 0.15) is 24.1 Å². The first-order valence-electron chi connectivity index (χ1n) is 8.13. The van der Waals surface area contributed by atoms with E-state index in [0.717, 1.165) is 0 Å². The molecule has 0 saturated heterocycles. The van der Waals surface area contributed by atoms with Crippen molar-refractivity contribution in [2.45, 2.75) is 24.8 Å². The molecule has 0 aliphatic carbocycles. The number of hydrogen-bond acceptors (Lipinski definition) is 6. The van der Waals surface area contributed by atoms with Crippen LogP contribution >= 0.6 is 0 Å². The zero-order valence-electron chi connectivity index (χ0n) is 15.0. The average Bonchev–Trinajstić information content (AvgIpc) is 2.62. The molecule has 1 atom stereocenters. The fourth-order valence-corrected chi connectivity index (χ4v) is 3.48. The van der Waals surface area contributed by atoms with Crippen molar-refractivity contribution in [1.82, 2.24) is 5.06 Å². The summed E-state index contributed by atoms with van der Waals surface area (Å²) in [6.07, 6.45) is 0. The number of likely N-dealkylation sites (N-methyl/N-ethyl adjacent to an activating group) is 1. The summed E-state index contributed by atoms with van der Waals surface area (Å²) in [5.74, 6) is 1.05. The largest absolute Gasteiger partial charge is 0.493 e. The number of rotatable bonds is 8. The van der Waals surface area contributed by atoms with Crippen LogP contribution in [-0.2, 0) is 10.0 Å². The van der Waals surface area contributed by atoms with E-state index in [9.17, 15) is 13.5 Å². The second-order valence-corrected chi connectivity index (χ2v) is 7.27. The van der Waals surface area contributed by atoms with Gasteiger partial charge in [-0.15, -0.1) is 5.06 Å². The summed E-state index contributed by atoms with van der Waals surface area (Å²) in [4.78, 5) is 5.95. The Morgan fingerprint density at radius 1 is 1.19 bits per heavy atom. The monoisotopic (exact) mass is 380 g/mol. The van der Waals surface area contributed by atoms with E-state index < -0.39 is 16.1 Å². The predicted molar refractivity (Wildman–Crippen MR) is 98.4 cm³/mol. The number of ether oxygens (including phenoxy) is 1. The highest BCUT2D eigenvalue weighted by atomic mass is 32.2. The third-order valence-electron chi connectivity index (χ3n) is 4.02. The molecule has 0 aromatic heterocycles. The minimum absolute atomic E-state index is 0.0294. The SMILES string of the molecule is CCN(Oc1ccccc1OC)C(CO)c1ccc(C)c(S(N)(=O)=O)c1. The Labute approximate surface area is 154 Å². The summed E-state index contributed by atoms with van der Waals surface area (Å²) in [6, 6.07) is 11.5. The summed E-state index contributed by atoms with van der Waals surface area (Å²) in [7, 11) is -2.32. The van der Waals surface area contributed by atoms with Crippen molar-refractivity contribution >= 4 is 10.0 Å². The van der Waals surface area contributed by atoms with Crippen molar-refractivity contribution in [1.29, 1.82) is 0 Å². The fourth-order valence-electron chi connectivity index (χ4n) is 2.66. The molecule has 1 unspecified atom stereocenters. The van der Waals surface area contributed by atoms with E-state index in [0.29, 0.717) is 29.2 Å². The van der Waals surface area contributed by atoms with Crippen molar-refractivity contribution in [2.24, 2.45) is 5.14 Å². The Balaban J connectivity index is 2.39. The number of benzene rings is 2. The molecule has 0 radical (unpaired) electrons. The van der Waals surface area contributed by atoms with Crippen LogP contribution in [0, 0.1) is 6.92 Å². The first kappa shape index (κ1) is 20.2. The van der Waals surface area contributed by atoms with Crippen LogP contribution in [0.2, 0.25) is 0 Å². The normalized spacial score (nSPS) is 12.8. The highest BCUT2D eigenvalue weighted by molar-refractivity contribution is 7.89. The Morgan fingerprint density at radius 3 is 2.38 bits per heavy atom. The quantitative estimate of drug-likeness (QED) is 0.679.